The topological polar surface area (TPSA) is 3.24 Å². The van der Waals surface area contributed by atoms with Gasteiger partial charge in [0.15, 0.2) is 0 Å². The fourth-order valence-electron chi connectivity index (χ4n) is 2.46. The Morgan fingerprint density at radius 3 is 3.25 bits per heavy atom. The van der Waals surface area contributed by atoms with Gasteiger partial charge in [-0.1, -0.05) is 25.0 Å². The molecule has 1 unspecified atom stereocenters. The second kappa shape index (κ2) is 3.61. The van der Waals surface area contributed by atoms with Crippen LogP contribution in [0, 0.1) is 0 Å². The zero-order valence-electron chi connectivity index (χ0n) is 8.05. The molecule has 0 aliphatic carbocycles. The lowest BCUT2D eigenvalue weighted by atomic mass is 10.1. The zero-order chi connectivity index (χ0) is 8.39. The van der Waals surface area contributed by atoms with Gasteiger partial charge in [0.05, 0.1) is 0 Å². The van der Waals surface area contributed by atoms with Gasteiger partial charge in [-0.15, -0.1) is 0 Å². The number of unbranched alkanes of at least 4 members (excludes halogenated alkanes) is 1. The van der Waals surface area contributed by atoms with E-state index in [0.717, 1.165) is 6.04 Å². The van der Waals surface area contributed by atoms with E-state index in [1.165, 1.54) is 45.2 Å². The molecule has 1 atom stereocenters. The van der Waals surface area contributed by atoms with Gasteiger partial charge in [-0.3, -0.25) is 4.90 Å². The molecule has 1 heteroatoms. The maximum Gasteiger partial charge on any atom is 0.0196 e. The van der Waals surface area contributed by atoms with E-state index in [4.69, 9.17) is 0 Å². The van der Waals surface area contributed by atoms with Crippen LogP contribution >= 0.6 is 0 Å². The Kier molecular flexibility index (Phi) is 2.50. The Labute approximate surface area is 75.4 Å². The summed E-state index contributed by atoms with van der Waals surface area (Å²) in [4.78, 5) is 2.65. The van der Waals surface area contributed by atoms with Gasteiger partial charge in [0, 0.05) is 12.6 Å². The summed E-state index contributed by atoms with van der Waals surface area (Å²) in [7, 11) is 0. The van der Waals surface area contributed by atoms with Crippen molar-refractivity contribution in [3.63, 3.8) is 0 Å². The molecule has 2 saturated heterocycles. The molecule has 68 valence electrons. The van der Waals surface area contributed by atoms with Gasteiger partial charge < -0.3 is 0 Å². The molecule has 0 aromatic heterocycles. The van der Waals surface area contributed by atoms with Gasteiger partial charge >= 0.3 is 0 Å². The molecule has 2 aliphatic heterocycles. The molecule has 2 rings (SSSR count). The maximum atomic E-state index is 2.65. The molecule has 0 aromatic carbocycles. The average molecular weight is 165 g/mol. The maximum absolute atomic E-state index is 2.65. The summed E-state index contributed by atoms with van der Waals surface area (Å²) in [5.74, 6) is 0. The Bertz CT molecular complexity index is 169. The normalized spacial score (nSPS) is 33.1. The molecule has 0 bridgehead atoms. The standard InChI is InChI=1S/C11H19N/c1-2-3-5-10-8-11-6-4-7-12(11)9-10/h5,11H,2-4,6-9H2,1H3. The van der Waals surface area contributed by atoms with Gasteiger partial charge in [0.2, 0.25) is 0 Å². The lowest BCUT2D eigenvalue weighted by Crippen LogP contribution is -2.21. The first-order chi connectivity index (χ1) is 5.90. The minimum Gasteiger partial charge on any atom is -0.296 e. The lowest BCUT2D eigenvalue weighted by Gasteiger charge is -2.11. The number of nitrogens with zero attached hydrogens (tertiary/aromatic N) is 1. The van der Waals surface area contributed by atoms with Crippen LogP contribution in [-0.2, 0) is 0 Å². The van der Waals surface area contributed by atoms with Crippen molar-refractivity contribution in [3.8, 4) is 0 Å². The summed E-state index contributed by atoms with van der Waals surface area (Å²) in [6.07, 6.45) is 9.32. The molecule has 1 nitrogen and oxygen atoms in total. The second-order valence-electron chi connectivity index (χ2n) is 4.12. The number of hydrogen-bond donors (Lipinski definition) is 0. The summed E-state index contributed by atoms with van der Waals surface area (Å²) < 4.78 is 0. The van der Waals surface area contributed by atoms with E-state index < -0.39 is 0 Å². The molecule has 2 heterocycles. The first-order valence-corrected chi connectivity index (χ1v) is 5.32. The summed E-state index contributed by atoms with van der Waals surface area (Å²) in [5.41, 5.74) is 1.71. The van der Waals surface area contributed by atoms with Crippen LogP contribution in [0.2, 0.25) is 0 Å². The smallest absolute Gasteiger partial charge is 0.0196 e. The van der Waals surface area contributed by atoms with Crippen molar-refractivity contribution >= 4 is 0 Å². The summed E-state index contributed by atoms with van der Waals surface area (Å²) >= 11 is 0. The first kappa shape index (κ1) is 8.31. The monoisotopic (exact) mass is 165 g/mol. The highest BCUT2D eigenvalue weighted by molar-refractivity contribution is 5.14. The number of fused-ring (bicyclic) bond motifs is 1. The van der Waals surface area contributed by atoms with Crippen LogP contribution in [0.3, 0.4) is 0 Å². The molecule has 0 saturated carbocycles. The Hall–Kier alpha value is -0.300. The average Bonchev–Trinajstić information content (AvgIpc) is 2.58. The van der Waals surface area contributed by atoms with Gasteiger partial charge in [0.25, 0.3) is 0 Å². The largest absolute Gasteiger partial charge is 0.296 e. The van der Waals surface area contributed by atoms with Crippen LogP contribution < -0.4 is 0 Å². The molecule has 0 radical (unpaired) electrons. The SMILES string of the molecule is CCCC=C1CC2CCCN2C1. The lowest BCUT2D eigenvalue weighted by molar-refractivity contribution is 0.327. The molecule has 0 aromatic rings. The second-order valence-corrected chi connectivity index (χ2v) is 4.12. The Morgan fingerprint density at radius 2 is 2.50 bits per heavy atom. The number of rotatable bonds is 2. The molecular weight excluding hydrogens is 146 g/mol. The van der Waals surface area contributed by atoms with Crippen LogP contribution in [0.1, 0.15) is 39.0 Å². The molecule has 0 amide bonds. The van der Waals surface area contributed by atoms with E-state index in [-0.39, 0.29) is 0 Å². The van der Waals surface area contributed by atoms with Crippen molar-refractivity contribution in [2.24, 2.45) is 0 Å². The van der Waals surface area contributed by atoms with Crippen molar-refractivity contribution in [1.82, 2.24) is 4.90 Å². The third kappa shape index (κ3) is 1.56. The predicted octanol–water partition coefficient (Wildman–Crippen LogP) is 2.58. The highest BCUT2D eigenvalue weighted by Crippen LogP contribution is 2.30. The van der Waals surface area contributed by atoms with Crippen LogP contribution in [0.15, 0.2) is 11.6 Å². The zero-order valence-corrected chi connectivity index (χ0v) is 8.05. The van der Waals surface area contributed by atoms with Crippen molar-refractivity contribution in [2.75, 3.05) is 13.1 Å². The van der Waals surface area contributed by atoms with Crippen LogP contribution in [0.5, 0.6) is 0 Å². The fraction of sp³-hybridized carbons (Fsp3) is 0.818. The Morgan fingerprint density at radius 1 is 1.58 bits per heavy atom. The van der Waals surface area contributed by atoms with E-state index in [1.54, 1.807) is 5.57 Å². The van der Waals surface area contributed by atoms with E-state index in [9.17, 15) is 0 Å². The van der Waals surface area contributed by atoms with Crippen LogP contribution in [0.25, 0.3) is 0 Å². The summed E-state index contributed by atoms with van der Waals surface area (Å²) in [5, 5.41) is 0. The van der Waals surface area contributed by atoms with Crippen LogP contribution in [0.4, 0.5) is 0 Å². The predicted molar refractivity (Wildman–Crippen MR) is 52.2 cm³/mol. The first-order valence-electron chi connectivity index (χ1n) is 5.32. The van der Waals surface area contributed by atoms with Gasteiger partial charge in [-0.2, -0.15) is 0 Å². The van der Waals surface area contributed by atoms with Crippen LogP contribution in [-0.4, -0.2) is 24.0 Å². The van der Waals surface area contributed by atoms with E-state index in [1.807, 2.05) is 0 Å². The molecule has 0 spiro atoms. The van der Waals surface area contributed by atoms with E-state index in [2.05, 4.69) is 17.9 Å². The molecule has 2 aliphatic rings. The third-order valence-corrected chi connectivity index (χ3v) is 3.12. The molecule has 2 fully saturated rings. The molecular formula is C11H19N. The summed E-state index contributed by atoms with van der Waals surface area (Å²) in [6.45, 7) is 4.89. The van der Waals surface area contributed by atoms with Crippen molar-refractivity contribution < 1.29 is 0 Å². The number of allylic oxidation sites excluding steroid dienone is 1. The molecule has 12 heavy (non-hydrogen) atoms. The highest BCUT2D eigenvalue weighted by atomic mass is 15.2. The summed E-state index contributed by atoms with van der Waals surface area (Å²) in [6, 6.07) is 0.924. The van der Waals surface area contributed by atoms with E-state index in [0.29, 0.717) is 0 Å². The molecule has 0 N–H and O–H groups in total. The Balaban J connectivity index is 1.90. The quantitative estimate of drug-likeness (QED) is 0.568. The van der Waals surface area contributed by atoms with Crippen molar-refractivity contribution in [1.29, 1.82) is 0 Å². The third-order valence-electron chi connectivity index (χ3n) is 3.12. The van der Waals surface area contributed by atoms with Crippen molar-refractivity contribution in [2.45, 2.75) is 45.1 Å². The van der Waals surface area contributed by atoms with Gasteiger partial charge in [-0.05, 0) is 32.2 Å². The van der Waals surface area contributed by atoms with Gasteiger partial charge in [-0.25, -0.2) is 0 Å². The minimum absolute atomic E-state index is 0.924. The minimum atomic E-state index is 0.924. The fourth-order valence-corrected chi connectivity index (χ4v) is 2.46. The van der Waals surface area contributed by atoms with Crippen molar-refractivity contribution in [3.05, 3.63) is 11.6 Å². The van der Waals surface area contributed by atoms with Gasteiger partial charge in [0.1, 0.15) is 0 Å². The number of hydrogen-bond acceptors (Lipinski definition) is 1. The highest BCUT2D eigenvalue weighted by Gasteiger charge is 2.30. The van der Waals surface area contributed by atoms with E-state index >= 15 is 0 Å².